The van der Waals surface area contributed by atoms with Gasteiger partial charge in [0.1, 0.15) is 12.2 Å². The molecule has 4 atom stereocenters. The molecule has 1 aliphatic carbocycles. The molecule has 0 aromatic heterocycles. The maximum Gasteiger partial charge on any atom is 0.293 e. The minimum absolute atomic E-state index is 0.145. The second kappa shape index (κ2) is 7.75. The van der Waals surface area contributed by atoms with Crippen molar-refractivity contribution in [3.8, 4) is 0 Å². The number of benzene rings is 1. The van der Waals surface area contributed by atoms with Crippen molar-refractivity contribution < 1.29 is 19.0 Å². The molecule has 0 radical (unpaired) electrons. The Morgan fingerprint density at radius 3 is 2.82 bits per heavy atom. The molecular weight excluding hydrogens is 280 g/mol. The van der Waals surface area contributed by atoms with E-state index in [-0.39, 0.29) is 12.2 Å². The molecule has 1 saturated carbocycles. The molecule has 2 fully saturated rings. The van der Waals surface area contributed by atoms with Crippen LogP contribution in [-0.4, -0.2) is 31.4 Å². The Balaban J connectivity index is 1.54. The van der Waals surface area contributed by atoms with Gasteiger partial charge in [0, 0.05) is 0 Å². The molecule has 1 aromatic carbocycles. The zero-order chi connectivity index (χ0) is 15.2. The van der Waals surface area contributed by atoms with Gasteiger partial charge in [-0.2, -0.15) is 0 Å². The van der Waals surface area contributed by atoms with Crippen LogP contribution in [0.1, 0.15) is 37.7 Å². The lowest BCUT2D eigenvalue weighted by atomic mass is 9.80. The first-order valence-corrected chi connectivity index (χ1v) is 8.23. The van der Waals surface area contributed by atoms with Gasteiger partial charge in [0.25, 0.3) is 6.47 Å². The molecule has 4 heteroatoms. The number of hydrogen-bond donors (Lipinski definition) is 0. The van der Waals surface area contributed by atoms with Crippen LogP contribution in [0, 0.1) is 5.92 Å². The van der Waals surface area contributed by atoms with E-state index in [2.05, 4.69) is 0 Å². The van der Waals surface area contributed by atoms with Crippen LogP contribution in [0.15, 0.2) is 30.3 Å². The molecular formula is C18H24O4. The minimum Gasteiger partial charge on any atom is -0.462 e. The summed E-state index contributed by atoms with van der Waals surface area (Å²) in [6.07, 6.45) is 5.69. The van der Waals surface area contributed by atoms with E-state index in [9.17, 15) is 4.79 Å². The Morgan fingerprint density at radius 2 is 2.00 bits per heavy atom. The zero-order valence-corrected chi connectivity index (χ0v) is 12.9. The molecule has 0 N–H and O–H groups in total. The predicted octanol–water partition coefficient (Wildman–Crippen LogP) is 3.09. The molecule has 22 heavy (non-hydrogen) atoms. The Hall–Kier alpha value is -1.39. The smallest absolute Gasteiger partial charge is 0.293 e. The quantitative estimate of drug-likeness (QED) is 0.758. The van der Waals surface area contributed by atoms with Gasteiger partial charge in [-0.25, -0.2) is 0 Å². The van der Waals surface area contributed by atoms with E-state index >= 15 is 0 Å². The Morgan fingerprint density at radius 1 is 1.18 bits per heavy atom. The molecule has 1 aromatic rings. The van der Waals surface area contributed by atoms with E-state index in [4.69, 9.17) is 14.2 Å². The predicted molar refractivity (Wildman–Crippen MR) is 82.3 cm³/mol. The molecule has 4 nitrogen and oxygen atoms in total. The summed E-state index contributed by atoms with van der Waals surface area (Å²) in [4.78, 5) is 10.8. The summed E-state index contributed by atoms with van der Waals surface area (Å²) in [7, 11) is 0. The van der Waals surface area contributed by atoms with Crippen LogP contribution in [0.2, 0.25) is 0 Å². The van der Waals surface area contributed by atoms with Crippen molar-refractivity contribution >= 4 is 6.47 Å². The van der Waals surface area contributed by atoms with E-state index in [1.165, 1.54) is 19.3 Å². The third kappa shape index (κ3) is 3.87. The molecule has 1 aliphatic heterocycles. The first kappa shape index (κ1) is 15.5. The van der Waals surface area contributed by atoms with Crippen LogP contribution >= 0.6 is 0 Å². The van der Waals surface area contributed by atoms with Gasteiger partial charge in [-0.1, -0.05) is 43.2 Å². The summed E-state index contributed by atoms with van der Waals surface area (Å²) in [6, 6.07) is 10.1. The first-order valence-electron chi connectivity index (χ1n) is 8.23. The summed E-state index contributed by atoms with van der Waals surface area (Å²) in [5.41, 5.74) is 1.14. The van der Waals surface area contributed by atoms with E-state index in [0.717, 1.165) is 18.4 Å². The van der Waals surface area contributed by atoms with Gasteiger partial charge < -0.3 is 14.2 Å². The van der Waals surface area contributed by atoms with Crippen molar-refractivity contribution in [3.05, 3.63) is 35.9 Å². The normalized spacial score (nSPS) is 31.3. The molecule has 0 spiro atoms. The summed E-state index contributed by atoms with van der Waals surface area (Å²) < 4.78 is 17.2. The molecule has 3 rings (SSSR count). The average molecular weight is 304 g/mol. The SMILES string of the molecule is O=COC1C[C@@H]2CCCC[C@H]2O[C@H]1COCc1ccccc1. The Labute approximate surface area is 131 Å². The number of carbonyl (C=O) groups excluding carboxylic acids is 1. The fourth-order valence-electron chi connectivity index (χ4n) is 3.61. The lowest BCUT2D eigenvalue weighted by Gasteiger charge is -2.42. The lowest BCUT2D eigenvalue weighted by Crippen LogP contribution is -2.48. The van der Waals surface area contributed by atoms with E-state index in [1.54, 1.807) is 0 Å². The van der Waals surface area contributed by atoms with Crippen LogP contribution in [0.25, 0.3) is 0 Å². The van der Waals surface area contributed by atoms with Gasteiger partial charge in [-0.05, 0) is 30.7 Å². The molecule has 1 saturated heterocycles. The highest BCUT2D eigenvalue weighted by Crippen LogP contribution is 2.37. The molecule has 1 heterocycles. The van der Waals surface area contributed by atoms with Crippen molar-refractivity contribution in [2.75, 3.05) is 6.61 Å². The number of fused-ring (bicyclic) bond motifs is 1. The molecule has 0 amide bonds. The summed E-state index contributed by atoms with van der Waals surface area (Å²) in [6.45, 7) is 1.57. The lowest BCUT2D eigenvalue weighted by molar-refractivity contribution is -0.189. The second-order valence-corrected chi connectivity index (χ2v) is 6.26. The molecule has 1 unspecified atom stereocenters. The number of hydrogen-bond acceptors (Lipinski definition) is 4. The van der Waals surface area contributed by atoms with Crippen LogP contribution in [0.5, 0.6) is 0 Å². The number of ether oxygens (including phenoxy) is 3. The first-order chi connectivity index (χ1) is 10.9. The van der Waals surface area contributed by atoms with Crippen LogP contribution in [-0.2, 0) is 25.6 Å². The minimum atomic E-state index is -0.173. The maximum absolute atomic E-state index is 10.8. The van der Waals surface area contributed by atoms with Gasteiger partial charge in [0.2, 0.25) is 0 Å². The number of carbonyl (C=O) groups is 1. The number of rotatable bonds is 6. The van der Waals surface area contributed by atoms with E-state index in [0.29, 0.717) is 31.7 Å². The van der Waals surface area contributed by atoms with E-state index < -0.39 is 0 Å². The summed E-state index contributed by atoms with van der Waals surface area (Å²) in [5, 5.41) is 0. The topological polar surface area (TPSA) is 44.8 Å². The van der Waals surface area contributed by atoms with Crippen LogP contribution < -0.4 is 0 Å². The van der Waals surface area contributed by atoms with Crippen molar-refractivity contribution in [2.24, 2.45) is 5.92 Å². The summed E-state index contributed by atoms with van der Waals surface area (Å²) >= 11 is 0. The molecule has 0 bridgehead atoms. The Kier molecular flexibility index (Phi) is 5.46. The van der Waals surface area contributed by atoms with Crippen molar-refractivity contribution in [1.82, 2.24) is 0 Å². The highest BCUT2D eigenvalue weighted by molar-refractivity contribution is 5.37. The fourth-order valence-corrected chi connectivity index (χ4v) is 3.61. The van der Waals surface area contributed by atoms with Gasteiger partial charge in [-0.15, -0.1) is 0 Å². The monoisotopic (exact) mass is 304 g/mol. The van der Waals surface area contributed by atoms with Crippen molar-refractivity contribution in [1.29, 1.82) is 0 Å². The zero-order valence-electron chi connectivity index (χ0n) is 12.9. The highest BCUT2D eigenvalue weighted by Gasteiger charge is 2.40. The third-order valence-corrected chi connectivity index (χ3v) is 4.76. The highest BCUT2D eigenvalue weighted by atomic mass is 16.6. The second-order valence-electron chi connectivity index (χ2n) is 6.26. The maximum atomic E-state index is 10.8. The van der Waals surface area contributed by atoms with Crippen LogP contribution in [0.3, 0.4) is 0 Å². The van der Waals surface area contributed by atoms with Gasteiger partial charge in [-0.3, -0.25) is 4.79 Å². The summed E-state index contributed by atoms with van der Waals surface area (Å²) in [5.74, 6) is 0.532. The average Bonchev–Trinajstić information content (AvgIpc) is 2.56. The molecule has 2 aliphatic rings. The largest absolute Gasteiger partial charge is 0.462 e. The van der Waals surface area contributed by atoms with Gasteiger partial charge in [0.15, 0.2) is 0 Å². The third-order valence-electron chi connectivity index (χ3n) is 4.76. The Bertz CT molecular complexity index is 461. The van der Waals surface area contributed by atoms with Crippen molar-refractivity contribution in [2.45, 2.75) is 57.0 Å². The van der Waals surface area contributed by atoms with Crippen LogP contribution in [0.4, 0.5) is 0 Å². The standard InChI is InChI=1S/C18H24O4/c19-13-21-17-10-15-8-4-5-9-16(15)22-18(17)12-20-11-14-6-2-1-3-7-14/h1-3,6-7,13,15-18H,4-5,8-12H2/t15-,16+,17?,18-/m0/s1. The van der Waals surface area contributed by atoms with E-state index in [1.807, 2.05) is 30.3 Å². The van der Waals surface area contributed by atoms with Gasteiger partial charge >= 0.3 is 0 Å². The molecule has 120 valence electrons. The van der Waals surface area contributed by atoms with Gasteiger partial charge in [0.05, 0.1) is 19.3 Å². The van der Waals surface area contributed by atoms with Crippen molar-refractivity contribution in [3.63, 3.8) is 0 Å². The fraction of sp³-hybridized carbons (Fsp3) is 0.611.